The van der Waals surface area contributed by atoms with Crippen LogP contribution in [0.4, 0.5) is 0 Å². The zero-order chi connectivity index (χ0) is 24.8. The number of aromatic nitrogens is 2. The summed E-state index contributed by atoms with van der Waals surface area (Å²) in [6.07, 6.45) is 2.93. The molecule has 0 atom stereocenters. The fourth-order valence-electron chi connectivity index (χ4n) is 3.84. The molecule has 1 saturated heterocycles. The van der Waals surface area contributed by atoms with Crippen LogP contribution in [0.5, 0.6) is 11.5 Å². The van der Waals surface area contributed by atoms with Crippen molar-refractivity contribution in [2.75, 3.05) is 26.8 Å². The van der Waals surface area contributed by atoms with Crippen molar-refractivity contribution in [3.8, 4) is 22.9 Å². The van der Waals surface area contributed by atoms with Gasteiger partial charge in [0.15, 0.2) is 0 Å². The van der Waals surface area contributed by atoms with Crippen molar-refractivity contribution in [3.05, 3.63) is 53.9 Å². The van der Waals surface area contributed by atoms with Crippen molar-refractivity contribution in [1.29, 1.82) is 0 Å². The molecule has 4 rings (SSSR count). The van der Waals surface area contributed by atoms with E-state index >= 15 is 0 Å². The number of nitrogens with one attached hydrogen (secondary N) is 1. The van der Waals surface area contributed by atoms with E-state index in [1.165, 1.54) is 25.3 Å². The first-order chi connectivity index (χ1) is 16.9. The molecular formula is C24H28N4O6S. The number of carbonyl (C=O) groups is 1. The molecule has 0 aliphatic carbocycles. The first kappa shape index (κ1) is 24.7. The van der Waals surface area contributed by atoms with Gasteiger partial charge in [-0.1, -0.05) is 5.16 Å². The fraction of sp³-hybridized carbons (Fsp3) is 0.375. The number of piperidine rings is 1. The zero-order valence-corrected chi connectivity index (χ0v) is 20.5. The SMILES string of the molecule is CCOc1ccc(-c2noc(CNS(=O)(=O)c3ccc(OC)c(C(=O)N4CCCCC4)c3)n2)cc1. The van der Waals surface area contributed by atoms with E-state index in [-0.39, 0.29) is 28.8 Å². The summed E-state index contributed by atoms with van der Waals surface area (Å²) in [5.74, 6) is 1.26. The minimum absolute atomic E-state index is 0.0510. The first-order valence-corrected chi connectivity index (χ1v) is 12.9. The summed E-state index contributed by atoms with van der Waals surface area (Å²) in [5, 5.41) is 3.92. The van der Waals surface area contributed by atoms with Gasteiger partial charge in [0, 0.05) is 18.7 Å². The molecule has 2 aromatic carbocycles. The van der Waals surface area contributed by atoms with Gasteiger partial charge >= 0.3 is 0 Å². The van der Waals surface area contributed by atoms with Crippen molar-refractivity contribution in [3.63, 3.8) is 0 Å². The molecular weight excluding hydrogens is 472 g/mol. The van der Waals surface area contributed by atoms with Gasteiger partial charge in [-0.2, -0.15) is 4.98 Å². The average Bonchev–Trinajstić information content (AvgIpc) is 3.37. The molecule has 0 radical (unpaired) electrons. The Balaban J connectivity index is 1.47. The highest BCUT2D eigenvalue weighted by Gasteiger charge is 2.25. The molecule has 10 nitrogen and oxygen atoms in total. The minimum Gasteiger partial charge on any atom is -0.496 e. The van der Waals surface area contributed by atoms with Crippen LogP contribution in [0.15, 0.2) is 51.9 Å². The van der Waals surface area contributed by atoms with Crippen LogP contribution in [0.3, 0.4) is 0 Å². The third-order valence-electron chi connectivity index (χ3n) is 5.66. The van der Waals surface area contributed by atoms with E-state index in [0.717, 1.165) is 25.0 Å². The van der Waals surface area contributed by atoms with E-state index in [0.29, 0.717) is 36.8 Å². The number of rotatable bonds is 9. The quantitative estimate of drug-likeness (QED) is 0.475. The Morgan fingerprint density at radius 1 is 1.11 bits per heavy atom. The summed E-state index contributed by atoms with van der Waals surface area (Å²) in [6.45, 7) is 3.55. The second-order valence-corrected chi connectivity index (χ2v) is 9.78. The average molecular weight is 501 g/mol. The smallest absolute Gasteiger partial charge is 0.257 e. The maximum absolute atomic E-state index is 13.0. The van der Waals surface area contributed by atoms with Crippen LogP contribution in [0.1, 0.15) is 42.4 Å². The number of amides is 1. The summed E-state index contributed by atoms with van der Waals surface area (Å²) in [5.41, 5.74) is 0.926. The summed E-state index contributed by atoms with van der Waals surface area (Å²) in [6, 6.07) is 11.4. The van der Waals surface area contributed by atoms with Crippen molar-refractivity contribution in [2.45, 2.75) is 37.6 Å². The number of ether oxygens (including phenoxy) is 2. The van der Waals surface area contributed by atoms with Crippen LogP contribution < -0.4 is 14.2 Å². The molecule has 1 amide bonds. The number of benzene rings is 2. The molecule has 1 aliphatic heterocycles. The Labute approximate surface area is 204 Å². The topological polar surface area (TPSA) is 124 Å². The molecule has 0 spiro atoms. The highest BCUT2D eigenvalue weighted by molar-refractivity contribution is 7.89. The Morgan fingerprint density at radius 3 is 2.54 bits per heavy atom. The zero-order valence-electron chi connectivity index (χ0n) is 19.7. The molecule has 1 aromatic heterocycles. The van der Waals surface area contributed by atoms with Crippen molar-refractivity contribution in [2.24, 2.45) is 0 Å². The second kappa shape index (κ2) is 10.9. The van der Waals surface area contributed by atoms with Crippen LogP contribution in [0.25, 0.3) is 11.4 Å². The lowest BCUT2D eigenvalue weighted by atomic mass is 10.1. The largest absolute Gasteiger partial charge is 0.496 e. The summed E-state index contributed by atoms with van der Waals surface area (Å²) >= 11 is 0. The number of sulfonamides is 1. The lowest BCUT2D eigenvalue weighted by molar-refractivity contribution is 0.0720. The molecule has 0 unspecified atom stereocenters. The van der Waals surface area contributed by atoms with E-state index < -0.39 is 10.0 Å². The van der Waals surface area contributed by atoms with E-state index in [2.05, 4.69) is 14.9 Å². The number of hydrogen-bond donors (Lipinski definition) is 1. The number of methoxy groups -OCH3 is 1. The Kier molecular flexibility index (Phi) is 7.67. The molecule has 1 aliphatic rings. The van der Waals surface area contributed by atoms with Crippen LogP contribution in [0.2, 0.25) is 0 Å². The Morgan fingerprint density at radius 2 is 1.86 bits per heavy atom. The second-order valence-electron chi connectivity index (χ2n) is 8.01. The lowest BCUT2D eigenvalue weighted by Crippen LogP contribution is -2.36. The van der Waals surface area contributed by atoms with Gasteiger partial charge in [0.05, 0.1) is 30.7 Å². The molecule has 0 saturated carbocycles. The van der Waals surface area contributed by atoms with Gasteiger partial charge in [-0.15, -0.1) is 0 Å². The maximum Gasteiger partial charge on any atom is 0.257 e. The molecule has 1 fully saturated rings. The highest BCUT2D eigenvalue weighted by Crippen LogP contribution is 2.26. The van der Waals surface area contributed by atoms with Gasteiger partial charge in [0.2, 0.25) is 21.7 Å². The predicted molar refractivity (Wildman–Crippen MR) is 128 cm³/mol. The molecule has 3 aromatic rings. The highest BCUT2D eigenvalue weighted by atomic mass is 32.2. The number of likely N-dealkylation sites (tertiary alicyclic amines) is 1. The van der Waals surface area contributed by atoms with Gasteiger partial charge < -0.3 is 18.9 Å². The van der Waals surface area contributed by atoms with E-state index in [1.54, 1.807) is 29.2 Å². The molecule has 0 bridgehead atoms. The third-order valence-corrected chi connectivity index (χ3v) is 7.06. The normalized spacial score (nSPS) is 14.1. The van der Waals surface area contributed by atoms with E-state index in [1.807, 2.05) is 6.92 Å². The Bertz CT molecular complexity index is 1270. The number of carbonyl (C=O) groups excluding carboxylic acids is 1. The van der Waals surface area contributed by atoms with Gasteiger partial charge in [-0.3, -0.25) is 4.79 Å². The van der Waals surface area contributed by atoms with Crippen LogP contribution in [-0.4, -0.2) is 56.2 Å². The van der Waals surface area contributed by atoms with Gasteiger partial charge in [-0.05, 0) is 68.7 Å². The van der Waals surface area contributed by atoms with Crippen LogP contribution >= 0.6 is 0 Å². The van der Waals surface area contributed by atoms with E-state index in [4.69, 9.17) is 14.0 Å². The van der Waals surface area contributed by atoms with Gasteiger partial charge in [0.25, 0.3) is 5.91 Å². The Hall–Kier alpha value is -3.44. The summed E-state index contributed by atoms with van der Waals surface area (Å²) in [4.78, 5) is 19.0. The third kappa shape index (κ3) is 5.80. The van der Waals surface area contributed by atoms with E-state index in [9.17, 15) is 13.2 Å². The molecule has 35 heavy (non-hydrogen) atoms. The molecule has 2 heterocycles. The minimum atomic E-state index is -3.96. The number of hydrogen-bond acceptors (Lipinski definition) is 8. The summed E-state index contributed by atoms with van der Waals surface area (Å²) in [7, 11) is -2.51. The van der Waals surface area contributed by atoms with Crippen LogP contribution in [-0.2, 0) is 16.6 Å². The van der Waals surface area contributed by atoms with Crippen molar-refractivity contribution >= 4 is 15.9 Å². The van der Waals surface area contributed by atoms with Crippen molar-refractivity contribution in [1.82, 2.24) is 19.8 Å². The summed E-state index contributed by atoms with van der Waals surface area (Å²) < 4.78 is 44.3. The fourth-order valence-corrected chi connectivity index (χ4v) is 4.84. The lowest BCUT2D eigenvalue weighted by Gasteiger charge is -2.27. The van der Waals surface area contributed by atoms with Gasteiger partial charge in [0.1, 0.15) is 11.5 Å². The molecule has 186 valence electrons. The van der Waals surface area contributed by atoms with Gasteiger partial charge in [-0.25, -0.2) is 13.1 Å². The predicted octanol–water partition coefficient (Wildman–Crippen LogP) is 3.25. The molecule has 1 N–H and O–H groups in total. The van der Waals surface area contributed by atoms with Crippen molar-refractivity contribution < 1.29 is 27.2 Å². The first-order valence-electron chi connectivity index (χ1n) is 11.4. The molecule has 11 heteroatoms. The number of nitrogens with zero attached hydrogens (tertiary/aromatic N) is 3. The standard InChI is InChI=1S/C24H28N4O6S/c1-3-33-18-9-7-17(8-10-18)23-26-22(34-27-23)16-25-35(30,31)19-11-12-21(32-2)20(15-19)24(29)28-13-5-4-6-14-28/h7-12,15,25H,3-6,13-14,16H2,1-2H3. The van der Waals surface area contributed by atoms with Crippen LogP contribution in [0, 0.1) is 0 Å². The monoisotopic (exact) mass is 500 g/mol. The maximum atomic E-state index is 13.0.